The third kappa shape index (κ3) is 15.2. The minimum Gasteiger partial charge on any atom is -0.462 e. The normalized spacial score (nSPS) is 11.7. The van der Waals surface area contributed by atoms with Crippen LogP contribution in [0.15, 0.2) is 133 Å². The number of carbonyl (C=O) groups excluding carboxylic acids is 8. The first kappa shape index (κ1) is 55.3. The van der Waals surface area contributed by atoms with Gasteiger partial charge in [-0.15, -0.1) is 0 Å². The summed E-state index contributed by atoms with van der Waals surface area (Å²) in [6.45, 7) is 18.8. The SMILES string of the molecule is C=C(C)C(=O)OC(C)CCOC(=O)c1ccc(C(C)(C)c2ccc(C(=O)OCCC(C)OC(=O)C(=C)C)c(C(=O)Nc3cccc(C(=O)Nc4ccc(NC(=O)c5cccc(C)c5)cc4)c3)c2)cc1C(=O)NC. The molecule has 2 unspecified atom stereocenters. The summed E-state index contributed by atoms with van der Waals surface area (Å²) in [5.41, 5.74) is 3.23. The summed E-state index contributed by atoms with van der Waals surface area (Å²) in [6.07, 6.45) is -0.826. The smallest absolute Gasteiger partial charge is 0.338 e. The van der Waals surface area contributed by atoms with Crippen LogP contribution in [0.5, 0.6) is 0 Å². The van der Waals surface area contributed by atoms with Crippen molar-refractivity contribution < 1.29 is 57.3 Å². The van der Waals surface area contributed by atoms with Crippen molar-refractivity contribution in [3.05, 3.63) is 184 Å². The van der Waals surface area contributed by atoms with E-state index in [1.54, 1.807) is 92.7 Å². The minimum absolute atomic E-state index is 0.0132. The van der Waals surface area contributed by atoms with Crippen LogP contribution in [0.1, 0.15) is 133 Å². The molecule has 4 N–H and O–H groups in total. The third-order valence-corrected chi connectivity index (χ3v) is 11.5. The Labute approximate surface area is 424 Å². The Balaban J connectivity index is 1.38. The lowest BCUT2D eigenvalue weighted by Crippen LogP contribution is -2.26. The molecule has 0 aromatic heterocycles. The van der Waals surface area contributed by atoms with Gasteiger partial charge in [0.05, 0.1) is 35.5 Å². The van der Waals surface area contributed by atoms with Gasteiger partial charge in [-0.05, 0) is 125 Å². The topological polar surface area (TPSA) is 222 Å². The van der Waals surface area contributed by atoms with Gasteiger partial charge in [0.2, 0.25) is 0 Å². The molecule has 73 heavy (non-hydrogen) atoms. The summed E-state index contributed by atoms with van der Waals surface area (Å²) >= 11 is 0. The maximum Gasteiger partial charge on any atom is 0.338 e. The third-order valence-electron chi connectivity index (χ3n) is 11.5. The average Bonchev–Trinajstić information content (AvgIpc) is 3.36. The molecular formula is C57H60N4O12. The number of ether oxygens (including phenoxy) is 4. The fourth-order valence-corrected chi connectivity index (χ4v) is 7.14. The number of esters is 4. The van der Waals surface area contributed by atoms with Gasteiger partial charge in [0, 0.05) is 64.6 Å². The first-order valence-electron chi connectivity index (χ1n) is 23.4. The van der Waals surface area contributed by atoms with Gasteiger partial charge in [-0.3, -0.25) is 19.2 Å². The van der Waals surface area contributed by atoms with Crippen molar-refractivity contribution in [2.75, 3.05) is 36.2 Å². The first-order valence-corrected chi connectivity index (χ1v) is 23.4. The van der Waals surface area contributed by atoms with Crippen LogP contribution >= 0.6 is 0 Å². The molecule has 0 saturated carbocycles. The maximum absolute atomic E-state index is 14.4. The highest BCUT2D eigenvalue weighted by Gasteiger charge is 2.30. The quantitative estimate of drug-likeness (QED) is 0.0307. The number of carbonyl (C=O) groups is 8. The summed E-state index contributed by atoms with van der Waals surface area (Å²) < 4.78 is 21.6. The van der Waals surface area contributed by atoms with E-state index in [2.05, 4.69) is 34.4 Å². The van der Waals surface area contributed by atoms with Crippen molar-refractivity contribution in [1.82, 2.24) is 5.32 Å². The molecule has 0 saturated heterocycles. The van der Waals surface area contributed by atoms with Gasteiger partial charge < -0.3 is 40.2 Å². The number of rotatable bonds is 21. The van der Waals surface area contributed by atoms with Crippen molar-refractivity contribution in [2.24, 2.45) is 0 Å². The van der Waals surface area contributed by atoms with Crippen molar-refractivity contribution in [2.45, 2.75) is 78.9 Å². The summed E-state index contributed by atoms with van der Waals surface area (Å²) in [5, 5.41) is 11.0. The van der Waals surface area contributed by atoms with E-state index in [0.717, 1.165) is 5.56 Å². The molecule has 2 atom stereocenters. The standard InChI is InChI=1S/C57H60N4O12/c1-33(2)53(66)72-36(6)25-27-70-55(68)45-23-17-40(31-47(45)51(64)58-10)57(8,9)41-18-24-46(56(69)71-28-26-37(7)73-54(67)34(3)4)48(32-41)52(65)61-44-16-12-15-39(30-44)50(63)60-43-21-19-42(20-22-43)59-49(62)38-14-11-13-35(5)29-38/h11-24,29-32,36-37H,1,3,25-28H2,2,4-10H3,(H,58,64)(H,59,62)(H,60,63)(H,61,65). The molecular weight excluding hydrogens is 933 g/mol. The average molecular weight is 993 g/mol. The Bertz CT molecular complexity index is 2960. The van der Waals surface area contributed by atoms with Crippen LogP contribution in [0.3, 0.4) is 0 Å². The van der Waals surface area contributed by atoms with Crippen LogP contribution < -0.4 is 21.3 Å². The predicted molar refractivity (Wildman–Crippen MR) is 277 cm³/mol. The lowest BCUT2D eigenvalue weighted by Gasteiger charge is -2.28. The fourth-order valence-electron chi connectivity index (χ4n) is 7.14. The first-order chi connectivity index (χ1) is 34.6. The zero-order valence-corrected chi connectivity index (χ0v) is 42.2. The van der Waals surface area contributed by atoms with Gasteiger partial charge in [0.15, 0.2) is 0 Å². The number of hydrogen-bond donors (Lipinski definition) is 4. The maximum atomic E-state index is 14.4. The molecule has 0 heterocycles. The molecule has 0 aliphatic heterocycles. The van der Waals surface area contributed by atoms with Gasteiger partial charge in [-0.1, -0.05) is 62.9 Å². The Morgan fingerprint density at radius 3 is 1.38 bits per heavy atom. The highest BCUT2D eigenvalue weighted by atomic mass is 16.6. The fraction of sp³-hybridized carbons (Fsp3) is 0.263. The number of nitrogens with one attached hydrogen (secondary N) is 4. The van der Waals surface area contributed by atoms with Crippen LogP contribution in [0.4, 0.5) is 17.1 Å². The van der Waals surface area contributed by atoms with E-state index in [1.165, 1.54) is 45.2 Å². The van der Waals surface area contributed by atoms with E-state index in [1.807, 2.05) is 26.8 Å². The Hall–Kier alpha value is -8.66. The van der Waals surface area contributed by atoms with Crippen LogP contribution in [0.2, 0.25) is 0 Å². The molecule has 0 radical (unpaired) electrons. The Kier molecular flexibility index (Phi) is 18.9. The molecule has 0 bridgehead atoms. The summed E-state index contributed by atoms with van der Waals surface area (Å²) in [4.78, 5) is 105. The number of anilines is 3. The van der Waals surface area contributed by atoms with E-state index in [0.29, 0.717) is 28.1 Å². The highest BCUT2D eigenvalue weighted by molar-refractivity contribution is 6.12. The molecule has 0 aliphatic rings. The Morgan fingerprint density at radius 2 is 0.945 bits per heavy atom. The second-order valence-electron chi connectivity index (χ2n) is 18.0. The molecule has 0 spiro atoms. The lowest BCUT2D eigenvalue weighted by molar-refractivity contribution is -0.144. The molecule has 5 aromatic rings. The molecule has 380 valence electrons. The van der Waals surface area contributed by atoms with Gasteiger partial charge >= 0.3 is 23.9 Å². The van der Waals surface area contributed by atoms with Gasteiger partial charge in [0.1, 0.15) is 12.2 Å². The van der Waals surface area contributed by atoms with Crippen molar-refractivity contribution in [1.29, 1.82) is 0 Å². The molecule has 16 heteroatoms. The minimum atomic E-state index is -0.976. The highest BCUT2D eigenvalue weighted by Crippen LogP contribution is 2.35. The zero-order valence-electron chi connectivity index (χ0n) is 42.2. The van der Waals surface area contributed by atoms with Crippen molar-refractivity contribution in [3.8, 4) is 0 Å². The Morgan fingerprint density at radius 1 is 0.521 bits per heavy atom. The monoisotopic (exact) mass is 992 g/mol. The van der Waals surface area contributed by atoms with Crippen LogP contribution in [0, 0.1) is 6.92 Å². The number of aryl methyl sites for hydroxylation is 1. The summed E-state index contributed by atoms with van der Waals surface area (Å²) in [7, 11) is 1.42. The van der Waals surface area contributed by atoms with Crippen LogP contribution in [-0.2, 0) is 34.0 Å². The largest absolute Gasteiger partial charge is 0.462 e. The van der Waals surface area contributed by atoms with Gasteiger partial charge in [-0.25, -0.2) is 19.2 Å². The van der Waals surface area contributed by atoms with E-state index in [4.69, 9.17) is 18.9 Å². The second-order valence-corrected chi connectivity index (χ2v) is 18.0. The molecule has 0 aliphatic carbocycles. The zero-order chi connectivity index (χ0) is 53.6. The van der Waals surface area contributed by atoms with Crippen molar-refractivity contribution in [3.63, 3.8) is 0 Å². The molecule has 5 aromatic carbocycles. The van der Waals surface area contributed by atoms with E-state index in [-0.39, 0.29) is 76.6 Å². The molecule has 0 fully saturated rings. The number of amides is 4. The van der Waals surface area contributed by atoms with E-state index < -0.39 is 59.2 Å². The number of hydrogen-bond acceptors (Lipinski definition) is 12. The van der Waals surface area contributed by atoms with Crippen LogP contribution in [0.25, 0.3) is 0 Å². The van der Waals surface area contributed by atoms with E-state index in [9.17, 15) is 38.4 Å². The van der Waals surface area contributed by atoms with E-state index >= 15 is 0 Å². The molecule has 4 amide bonds. The van der Waals surface area contributed by atoms with Crippen molar-refractivity contribution >= 4 is 64.6 Å². The summed E-state index contributed by atoms with van der Waals surface area (Å²) in [6, 6.07) is 29.2. The van der Waals surface area contributed by atoms with Gasteiger partial charge in [-0.2, -0.15) is 0 Å². The number of benzene rings is 5. The molecule has 5 rings (SSSR count). The lowest BCUT2D eigenvalue weighted by atomic mass is 9.76. The predicted octanol–water partition coefficient (Wildman–Crippen LogP) is 9.55. The van der Waals surface area contributed by atoms with Crippen LogP contribution in [-0.4, -0.2) is 80.0 Å². The van der Waals surface area contributed by atoms with Gasteiger partial charge in [0.25, 0.3) is 23.6 Å². The second kappa shape index (κ2) is 24.9. The summed E-state index contributed by atoms with van der Waals surface area (Å²) in [5.74, 6) is -4.82. The molecule has 16 nitrogen and oxygen atoms in total.